The van der Waals surface area contributed by atoms with Crippen LogP contribution in [0.1, 0.15) is 48.1 Å². The van der Waals surface area contributed by atoms with E-state index in [4.69, 9.17) is 13.9 Å². The molecule has 5 nitrogen and oxygen atoms in total. The first-order chi connectivity index (χ1) is 14.1. The lowest BCUT2D eigenvalue weighted by Crippen LogP contribution is -2.22. The third-order valence-electron chi connectivity index (χ3n) is 5.28. The zero-order valence-corrected chi connectivity index (χ0v) is 16.7. The van der Waals surface area contributed by atoms with Gasteiger partial charge in [-0.25, -0.2) is 9.59 Å². The molecule has 29 heavy (non-hydrogen) atoms. The van der Waals surface area contributed by atoms with E-state index < -0.39 is 12.1 Å². The van der Waals surface area contributed by atoms with Gasteiger partial charge >= 0.3 is 11.6 Å². The van der Waals surface area contributed by atoms with E-state index in [1.165, 1.54) is 0 Å². The van der Waals surface area contributed by atoms with Crippen molar-refractivity contribution >= 4 is 16.9 Å². The minimum atomic E-state index is -0.896. The molecule has 1 aliphatic carbocycles. The van der Waals surface area contributed by atoms with Crippen molar-refractivity contribution in [3.8, 4) is 5.75 Å². The Morgan fingerprint density at radius 1 is 1.10 bits per heavy atom. The van der Waals surface area contributed by atoms with Crippen LogP contribution in [-0.2, 0) is 22.4 Å². The second-order valence-electron chi connectivity index (χ2n) is 7.35. The van der Waals surface area contributed by atoms with E-state index in [2.05, 4.69) is 0 Å². The van der Waals surface area contributed by atoms with E-state index in [0.29, 0.717) is 23.3 Å². The van der Waals surface area contributed by atoms with Crippen LogP contribution in [0.3, 0.4) is 0 Å². The molecule has 4 rings (SSSR count). The lowest BCUT2D eigenvalue weighted by molar-refractivity contribution is -0.151. The number of rotatable bonds is 5. The molecule has 3 aromatic rings. The van der Waals surface area contributed by atoms with Crippen molar-refractivity contribution in [3.63, 3.8) is 0 Å². The van der Waals surface area contributed by atoms with Crippen LogP contribution in [0.5, 0.6) is 5.75 Å². The van der Waals surface area contributed by atoms with Gasteiger partial charge in [0.1, 0.15) is 11.3 Å². The molecule has 1 aliphatic rings. The summed E-state index contributed by atoms with van der Waals surface area (Å²) < 4.78 is 17.2. The van der Waals surface area contributed by atoms with Gasteiger partial charge in [-0.05, 0) is 62.8 Å². The maximum Gasteiger partial charge on any atom is 0.352 e. The second kappa shape index (κ2) is 8.11. The van der Waals surface area contributed by atoms with Crippen molar-refractivity contribution in [2.45, 2.75) is 45.6 Å². The third kappa shape index (κ3) is 3.77. The van der Waals surface area contributed by atoms with Gasteiger partial charge in [0, 0.05) is 11.1 Å². The molecule has 0 amide bonds. The number of fused-ring (bicyclic) bond motifs is 3. The molecule has 1 atom stereocenters. The predicted molar refractivity (Wildman–Crippen MR) is 110 cm³/mol. The number of carbonyl (C=O) groups is 1. The molecule has 0 saturated heterocycles. The van der Waals surface area contributed by atoms with Gasteiger partial charge in [-0.3, -0.25) is 0 Å². The molecule has 0 saturated carbocycles. The number of aryl methyl sites for hydroxylation is 2. The van der Waals surface area contributed by atoms with Crippen LogP contribution in [0.4, 0.5) is 0 Å². The molecule has 0 aliphatic heterocycles. The zero-order valence-electron chi connectivity index (χ0n) is 16.7. The Labute approximate surface area is 169 Å². The van der Waals surface area contributed by atoms with Crippen LogP contribution in [0.15, 0.2) is 51.7 Å². The van der Waals surface area contributed by atoms with Gasteiger partial charge in [-0.15, -0.1) is 0 Å². The van der Waals surface area contributed by atoms with Crippen LogP contribution >= 0.6 is 0 Å². The Bertz CT molecular complexity index is 1100. The number of hydrogen-bond acceptors (Lipinski definition) is 5. The predicted octanol–water partition coefficient (Wildman–Crippen LogP) is 4.66. The molecule has 1 heterocycles. The van der Waals surface area contributed by atoms with E-state index >= 15 is 0 Å². The minimum absolute atomic E-state index is 0.268. The normalized spacial score (nSPS) is 14.3. The van der Waals surface area contributed by atoms with Crippen LogP contribution in [0, 0.1) is 6.92 Å². The summed E-state index contributed by atoms with van der Waals surface area (Å²) in [6.07, 6.45) is 2.60. The van der Waals surface area contributed by atoms with E-state index in [0.717, 1.165) is 41.3 Å². The highest BCUT2D eigenvalue weighted by Crippen LogP contribution is 2.37. The number of benzene rings is 2. The van der Waals surface area contributed by atoms with Crippen LogP contribution in [0.25, 0.3) is 11.0 Å². The van der Waals surface area contributed by atoms with Gasteiger partial charge in [0.15, 0.2) is 0 Å². The molecule has 0 N–H and O–H groups in total. The summed E-state index contributed by atoms with van der Waals surface area (Å²) in [5.74, 6) is 0.100. The lowest BCUT2D eigenvalue weighted by Gasteiger charge is -2.22. The van der Waals surface area contributed by atoms with Gasteiger partial charge in [0.2, 0.25) is 6.10 Å². The number of hydrogen-bond donors (Lipinski definition) is 0. The molecule has 150 valence electrons. The molecule has 0 spiro atoms. The Morgan fingerprint density at radius 2 is 1.83 bits per heavy atom. The van der Waals surface area contributed by atoms with E-state index in [1.54, 1.807) is 6.92 Å². The van der Waals surface area contributed by atoms with Crippen molar-refractivity contribution in [2.75, 3.05) is 6.61 Å². The van der Waals surface area contributed by atoms with Crippen molar-refractivity contribution in [2.24, 2.45) is 0 Å². The fourth-order valence-corrected chi connectivity index (χ4v) is 3.98. The summed E-state index contributed by atoms with van der Waals surface area (Å²) in [6, 6.07) is 13.0. The minimum Gasteiger partial charge on any atom is -0.473 e. The number of esters is 1. The maximum absolute atomic E-state index is 12.7. The highest BCUT2D eigenvalue weighted by molar-refractivity contribution is 5.89. The highest BCUT2D eigenvalue weighted by atomic mass is 16.6. The summed E-state index contributed by atoms with van der Waals surface area (Å²) in [7, 11) is 0. The Hall–Kier alpha value is -3.08. The molecular formula is C24H24O5. The van der Waals surface area contributed by atoms with Crippen molar-refractivity contribution < 1.29 is 18.7 Å². The van der Waals surface area contributed by atoms with Crippen LogP contribution in [0.2, 0.25) is 0 Å². The number of carbonyl (C=O) groups excluding carboxylic acids is 1. The Kier molecular flexibility index (Phi) is 5.38. The summed E-state index contributed by atoms with van der Waals surface area (Å²) in [5, 5.41) is 0.787. The molecular weight excluding hydrogens is 368 g/mol. The first-order valence-corrected chi connectivity index (χ1v) is 10.1. The molecule has 5 heteroatoms. The highest BCUT2D eigenvalue weighted by Gasteiger charge is 2.27. The average Bonchev–Trinajstić information content (AvgIpc) is 2.72. The summed E-state index contributed by atoms with van der Waals surface area (Å²) in [4.78, 5) is 25.1. The molecule has 1 aromatic heterocycles. The smallest absolute Gasteiger partial charge is 0.352 e. The standard InChI is InChI=1S/C24H24O5/c1-3-27-24(26)22(16-9-5-4-6-10-16)28-19-13-15(2)14-20-21(19)17-11-7-8-12-18(17)23(25)29-20/h4-6,9-10,13-14,22H,3,7-8,11-12H2,1-2H3/t22-/m0/s1. The van der Waals surface area contributed by atoms with Gasteiger partial charge in [-0.1, -0.05) is 30.3 Å². The van der Waals surface area contributed by atoms with Gasteiger partial charge in [-0.2, -0.15) is 0 Å². The van der Waals surface area contributed by atoms with E-state index in [9.17, 15) is 9.59 Å². The molecule has 0 fully saturated rings. The van der Waals surface area contributed by atoms with E-state index in [1.807, 2.05) is 49.4 Å². The summed E-state index contributed by atoms with van der Waals surface area (Å²) in [5.41, 5.74) is 3.54. The number of ether oxygens (including phenoxy) is 2. The first kappa shape index (κ1) is 19.2. The summed E-state index contributed by atoms with van der Waals surface area (Å²) >= 11 is 0. The van der Waals surface area contributed by atoms with Crippen molar-refractivity contribution in [1.29, 1.82) is 0 Å². The second-order valence-corrected chi connectivity index (χ2v) is 7.35. The monoisotopic (exact) mass is 392 g/mol. The SMILES string of the molecule is CCOC(=O)[C@@H](Oc1cc(C)cc2oc(=O)c3c(c12)CCCC3)c1ccccc1. The fraction of sp³-hybridized carbons (Fsp3) is 0.333. The van der Waals surface area contributed by atoms with Crippen LogP contribution in [-0.4, -0.2) is 12.6 Å². The maximum atomic E-state index is 12.7. The topological polar surface area (TPSA) is 65.7 Å². The van der Waals surface area contributed by atoms with Gasteiger partial charge in [0.05, 0.1) is 12.0 Å². The largest absolute Gasteiger partial charge is 0.473 e. The Morgan fingerprint density at radius 3 is 2.55 bits per heavy atom. The summed E-state index contributed by atoms with van der Waals surface area (Å²) in [6.45, 7) is 3.95. The molecule has 2 aromatic carbocycles. The molecule has 0 unspecified atom stereocenters. The quantitative estimate of drug-likeness (QED) is 0.467. The third-order valence-corrected chi connectivity index (χ3v) is 5.28. The van der Waals surface area contributed by atoms with Crippen LogP contribution < -0.4 is 10.4 Å². The van der Waals surface area contributed by atoms with Crippen molar-refractivity contribution in [1.82, 2.24) is 0 Å². The first-order valence-electron chi connectivity index (χ1n) is 10.1. The molecule has 0 bridgehead atoms. The molecule has 0 radical (unpaired) electrons. The van der Waals surface area contributed by atoms with Crippen molar-refractivity contribution in [3.05, 3.63) is 75.1 Å². The Balaban J connectivity index is 1.87. The van der Waals surface area contributed by atoms with E-state index in [-0.39, 0.29) is 12.2 Å². The average molecular weight is 392 g/mol. The zero-order chi connectivity index (χ0) is 20.4. The fourth-order valence-electron chi connectivity index (χ4n) is 3.98. The van der Waals surface area contributed by atoms with Gasteiger partial charge in [0.25, 0.3) is 0 Å². The lowest BCUT2D eigenvalue weighted by atomic mass is 9.90. The van der Waals surface area contributed by atoms with Gasteiger partial charge < -0.3 is 13.9 Å².